The van der Waals surface area contributed by atoms with Crippen LogP contribution in [0.15, 0.2) is 22.8 Å². The van der Waals surface area contributed by atoms with E-state index in [2.05, 4.69) is 24.5 Å². The van der Waals surface area contributed by atoms with Crippen LogP contribution in [0.5, 0.6) is 0 Å². The van der Waals surface area contributed by atoms with Crippen LogP contribution in [0.1, 0.15) is 26.0 Å². The van der Waals surface area contributed by atoms with Crippen molar-refractivity contribution in [2.45, 2.75) is 32.9 Å². The normalized spacial score (nSPS) is 13.0. The van der Waals surface area contributed by atoms with Crippen LogP contribution in [0.2, 0.25) is 0 Å². The van der Waals surface area contributed by atoms with Crippen LogP contribution in [-0.4, -0.2) is 19.1 Å². The van der Waals surface area contributed by atoms with Crippen molar-refractivity contribution in [3.8, 4) is 0 Å². The SMILES string of the molecule is CCC(C)NCCNCc1ccco1. The van der Waals surface area contributed by atoms with E-state index in [0.717, 1.165) is 25.4 Å². The lowest BCUT2D eigenvalue weighted by Gasteiger charge is -2.10. The van der Waals surface area contributed by atoms with Gasteiger partial charge in [0.15, 0.2) is 0 Å². The van der Waals surface area contributed by atoms with Crippen LogP contribution in [0.3, 0.4) is 0 Å². The Morgan fingerprint density at radius 3 is 2.93 bits per heavy atom. The van der Waals surface area contributed by atoms with Gasteiger partial charge in [-0.15, -0.1) is 0 Å². The number of hydrogen-bond acceptors (Lipinski definition) is 3. The number of hydrogen-bond donors (Lipinski definition) is 2. The Hall–Kier alpha value is -0.800. The van der Waals surface area contributed by atoms with Crippen molar-refractivity contribution in [2.75, 3.05) is 13.1 Å². The molecule has 0 radical (unpaired) electrons. The number of furan rings is 1. The summed E-state index contributed by atoms with van der Waals surface area (Å²) in [5.41, 5.74) is 0. The molecular formula is C11H20N2O. The molecule has 0 aliphatic carbocycles. The minimum atomic E-state index is 0.611. The molecule has 3 heteroatoms. The quantitative estimate of drug-likeness (QED) is 0.652. The molecule has 0 amide bonds. The first-order valence-corrected chi connectivity index (χ1v) is 5.29. The predicted octanol–water partition coefficient (Wildman–Crippen LogP) is 1.76. The van der Waals surface area contributed by atoms with Gasteiger partial charge in [0.2, 0.25) is 0 Å². The van der Waals surface area contributed by atoms with Crippen LogP contribution in [0, 0.1) is 0 Å². The highest BCUT2D eigenvalue weighted by Gasteiger charge is 1.96. The van der Waals surface area contributed by atoms with E-state index in [0.29, 0.717) is 6.04 Å². The number of rotatable bonds is 7. The second kappa shape index (κ2) is 6.62. The first-order chi connectivity index (χ1) is 6.83. The third-order valence-electron chi connectivity index (χ3n) is 2.29. The highest BCUT2D eigenvalue weighted by atomic mass is 16.3. The Balaban J connectivity index is 1.95. The Bertz CT molecular complexity index is 221. The third-order valence-corrected chi connectivity index (χ3v) is 2.29. The van der Waals surface area contributed by atoms with Crippen LogP contribution in [0.4, 0.5) is 0 Å². The number of nitrogens with one attached hydrogen (secondary N) is 2. The van der Waals surface area contributed by atoms with E-state index in [1.807, 2.05) is 12.1 Å². The average Bonchev–Trinajstić information content (AvgIpc) is 2.69. The lowest BCUT2D eigenvalue weighted by molar-refractivity contribution is 0.469. The topological polar surface area (TPSA) is 37.2 Å². The van der Waals surface area contributed by atoms with Gasteiger partial charge in [-0.1, -0.05) is 6.92 Å². The predicted molar refractivity (Wildman–Crippen MR) is 58.2 cm³/mol. The van der Waals surface area contributed by atoms with Gasteiger partial charge in [0, 0.05) is 19.1 Å². The van der Waals surface area contributed by atoms with Gasteiger partial charge < -0.3 is 15.1 Å². The van der Waals surface area contributed by atoms with Crippen molar-refractivity contribution < 1.29 is 4.42 Å². The van der Waals surface area contributed by atoms with E-state index in [-0.39, 0.29) is 0 Å². The molecule has 0 bridgehead atoms. The summed E-state index contributed by atoms with van der Waals surface area (Å²) in [6.45, 7) is 7.19. The summed E-state index contributed by atoms with van der Waals surface area (Å²) in [5, 5.41) is 6.73. The Labute approximate surface area is 85.9 Å². The van der Waals surface area contributed by atoms with E-state index in [9.17, 15) is 0 Å². The Morgan fingerprint density at radius 2 is 2.29 bits per heavy atom. The zero-order valence-corrected chi connectivity index (χ0v) is 9.05. The summed E-state index contributed by atoms with van der Waals surface area (Å²) in [5.74, 6) is 0.994. The molecular weight excluding hydrogens is 176 g/mol. The van der Waals surface area contributed by atoms with Gasteiger partial charge in [-0.25, -0.2) is 0 Å². The molecule has 2 N–H and O–H groups in total. The standard InChI is InChI=1S/C11H20N2O/c1-3-10(2)13-7-6-12-9-11-5-4-8-14-11/h4-5,8,10,12-13H,3,6-7,9H2,1-2H3. The van der Waals surface area contributed by atoms with Gasteiger partial charge in [-0.3, -0.25) is 0 Å². The van der Waals surface area contributed by atoms with Gasteiger partial charge >= 0.3 is 0 Å². The molecule has 14 heavy (non-hydrogen) atoms. The van der Waals surface area contributed by atoms with Crippen molar-refractivity contribution in [3.63, 3.8) is 0 Å². The summed E-state index contributed by atoms with van der Waals surface area (Å²) in [7, 11) is 0. The molecule has 0 fully saturated rings. The lowest BCUT2D eigenvalue weighted by Crippen LogP contribution is -2.32. The van der Waals surface area contributed by atoms with Crippen molar-refractivity contribution in [1.29, 1.82) is 0 Å². The third kappa shape index (κ3) is 4.44. The van der Waals surface area contributed by atoms with Gasteiger partial charge in [0.1, 0.15) is 5.76 Å². The zero-order valence-electron chi connectivity index (χ0n) is 9.05. The maximum Gasteiger partial charge on any atom is 0.117 e. The van der Waals surface area contributed by atoms with Crippen LogP contribution in [-0.2, 0) is 6.54 Å². The largest absolute Gasteiger partial charge is 0.468 e. The van der Waals surface area contributed by atoms with Gasteiger partial charge in [0.25, 0.3) is 0 Å². The fourth-order valence-electron chi connectivity index (χ4n) is 1.18. The lowest BCUT2D eigenvalue weighted by atomic mass is 10.2. The molecule has 1 rings (SSSR count). The average molecular weight is 196 g/mol. The van der Waals surface area contributed by atoms with Crippen molar-refractivity contribution in [1.82, 2.24) is 10.6 Å². The van der Waals surface area contributed by atoms with Crippen LogP contribution in [0.25, 0.3) is 0 Å². The van der Waals surface area contributed by atoms with Crippen molar-refractivity contribution >= 4 is 0 Å². The van der Waals surface area contributed by atoms with E-state index in [1.165, 1.54) is 6.42 Å². The van der Waals surface area contributed by atoms with E-state index in [4.69, 9.17) is 4.42 Å². The minimum Gasteiger partial charge on any atom is -0.468 e. The summed E-state index contributed by atoms with van der Waals surface area (Å²) in [6, 6.07) is 4.50. The molecule has 80 valence electrons. The first-order valence-electron chi connectivity index (χ1n) is 5.29. The second-order valence-corrected chi connectivity index (χ2v) is 3.52. The van der Waals surface area contributed by atoms with Crippen molar-refractivity contribution in [2.24, 2.45) is 0 Å². The monoisotopic (exact) mass is 196 g/mol. The maximum atomic E-state index is 5.20. The second-order valence-electron chi connectivity index (χ2n) is 3.52. The fourth-order valence-corrected chi connectivity index (χ4v) is 1.18. The summed E-state index contributed by atoms with van der Waals surface area (Å²) in [4.78, 5) is 0. The minimum absolute atomic E-state index is 0.611. The van der Waals surface area contributed by atoms with Gasteiger partial charge in [-0.05, 0) is 25.5 Å². The Morgan fingerprint density at radius 1 is 1.43 bits per heavy atom. The van der Waals surface area contributed by atoms with Gasteiger partial charge in [0.05, 0.1) is 12.8 Å². The molecule has 0 saturated carbocycles. The summed E-state index contributed by atoms with van der Waals surface area (Å²) < 4.78 is 5.20. The molecule has 3 nitrogen and oxygen atoms in total. The van der Waals surface area contributed by atoms with Crippen LogP contribution < -0.4 is 10.6 Å². The summed E-state index contributed by atoms with van der Waals surface area (Å²) in [6.07, 6.45) is 2.88. The summed E-state index contributed by atoms with van der Waals surface area (Å²) >= 11 is 0. The first kappa shape index (κ1) is 11.3. The molecule has 1 aromatic heterocycles. The molecule has 1 atom stereocenters. The molecule has 0 saturated heterocycles. The van der Waals surface area contributed by atoms with E-state index < -0.39 is 0 Å². The Kier molecular flexibility index (Phi) is 5.33. The molecule has 1 aromatic rings. The molecule has 0 spiro atoms. The fraction of sp³-hybridized carbons (Fsp3) is 0.636. The molecule has 0 aliphatic rings. The van der Waals surface area contributed by atoms with Crippen molar-refractivity contribution in [3.05, 3.63) is 24.2 Å². The zero-order chi connectivity index (χ0) is 10.2. The van der Waals surface area contributed by atoms with E-state index >= 15 is 0 Å². The molecule has 0 aromatic carbocycles. The highest BCUT2D eigenvalue weighted by molar-refractivity contribution is 4.97. The van der Waals surface area contributed by atoms with Crippen LogP contribution >= 0.6 is 0 Å². The van der Waals surface area contributed by atoms with Gasteiger partial charge in [-0.2, -0.15) is 0 Å². The highest BCUT2D eigenvalue weighted by Crippen LogP contribution is 1.97. The molecule has 0 aliphatic heterocycles. The van der Waals surface area contributed by atoms with E-state index in [1.54, 1.807) is 6.26 Å². The molecule has 1 unspecified atom stereocenters. The molecule has 1 heterocycles. The smallest absolute Gasteiger partial charge is 0.117 e. The maximum absolute atomic E-state index is 5.20.